The van der Waals surface area contributed by atoms with Crippen LogP contribution in [-0.2, 0) is 18.8 Å². The Kier molecular flexibility index (Phi) is 4.54. The lowest BCUT2D eigenvalue weighted by Gasteiger charge is -2.37. The molecular weight excluding hydrogens is 400 g/mol. The molecule has 0 saturated carbocycles. The maximum Gasteiger partial charge on any atom is 0.393 e. The number of hydrogen-bond acceptors (Lipinski definition) is 2. The Morgan fingerprint density at radius 1 is 0.760 bits per heavy atom. The quantitative estimate of drug-likeness (QED) is 0.484. The Labute approximate surface area is 138 Å². The van der Waals surface area contributed by atoms with E-state index in [2.05, 4.69) is 21.3 Å². The minimum atomic E-state index is -7.21. The minimum absolute atomic E-state index is 0.0206. The molecule has 1 heterocycles. The largest absolute Gasteiger partial charge is 0.393 e. The molecule has 1 aromatic rings. The van der Waals surface area contributed by atoms with Crippen LogP contribution >= 0.6 is 11.6 Å². The molecule has 2 rings (SSSR count). The van der Waals surface area contributed by atoms with Crippen LogP contribution in [0.1, 0.15) is 29.9 Å². The van der Waals surface area contributed by atoms with Crippen molar-refractivity contribution in [3.05, 3.63) is 17.0 Å². The third-order valence-corrected chi connectivity index (χ3v) is 4.02. The van der Waals surface area contributed by atoms with E-state index in [1.165, 1.54) is 0 Å². The number of nitrogens with zero attached hydrogens (tertiary/aromatic N) is 1. The molecule has 0 amide bonds. The molecule has 0 bridgehead atoms. The van der Waals surface area contributed by atoms with E-state index in [1.807, 2.05) is 0 Å². The standard InChI is InChI=1S/C12H8ClF10NO/c13-12(22,23)11(20,21)10(18,19)9(16,17)8(14,15)7-5-3-1-2-4-6(5)24-25-7/h1-4H2. The first-order chi connectivity index (χ1) is 11.1. The fourth-order valence-electron chi connectivity index (χ4n) is 2.35. The van der Waals surface area contributed by atoms with Crippen LogP contribution in [0.15, 0.2) is 4.52 Å². The van der Waals surface area contributed by atoms with E-state index in [0.29, 0.717) is 6.42 Å². The van der Waals surface area contributed by atoms with Crippen molar-refractivity contribution in [2.24, 2.45) is 0 Å². The van der Waals surface area contributed by atoms with Crippen molar-refractivity contribution in [2.45, 2.75) is 54.8 Å². The van der Waals surface area contributed by atoms with E-state index in [4.69, 9.17) is 0 Å². The van der Waals surface area contributed by atoms with Gasteiger partial charge in [-0.2, -0.15) is 43.9 Å². The summed E-state index contributed by atoms with van der Waals surface area (Å²) in [6, 6.07) is 0. The van der Waals surface area contributed by atoms with Gasteiger partial charge in [0.2, 0.25) is 5.76 Å². The Morgan fingerprint density at radius 3 is 1.80 bits per heavy atom. The zero-order chi connectivity index (χ0) is 19.5. The SMILES string of the molecule is FC(F)(Cl)C(F)(F)C(F)(F)C(F)(F)C(F)(F)c1onc2c1CCCC2. The van der Waals surface area contributed by atoms with Crippen molar-refractivity contribution in [3.8, 4) is 0 Å². The van der Waals surface area contributed by atoms with Gasteiger partial charge in [0.25, 0.3) is 0 Å². The van der Waals surface area contributed by atoms with Crippen molar-refractivity contribution < 1.29 is 48.4 Å². The van der Waals surface area contributed by atoms with E-state index < -0.39 is 40.4 Å². The molecule has 0 unspecified atom stereocenters. The van der Waals surface area contributed by atoms with Crippen LogP contribution in [0.4, 0.5) is 43.9 Å². The minimum Gasteiger partial charge on any atom is -0.354 e. The van der Waals surface area contributed by atoms with Crippen molar-refractivity contribution in [2.75, 3.05) is 0 Å². The predicted octanol–water partition coefficient (Wildman–Crippen LogP) is 5.38. The number of alkyl halides is 11. The smallest absolute Gasteiger partial charge is 0.354 e. The van der Waals surface area contributed by atoms with Gasteiger partial charge in [0.05, 0.1) is 5.69 Å². The Morgan fingerprint density at radius 2 is 1.28 bits per heavy atom. The summed E-state index contributed by atoms with van der Waals surface area (Å²) in [5.41, 5.74) is -0.845. The number of hydrogen-bond donors (Lipinski definition) is 0. The normalized spacial score (nSPS) is 17.6. The second-order valence-corrected chi connectivity index (χ2v) is 5.91. The van der Waals surface area contributed by atoms with Gasteiger partial charge in [-0.3, -0.25) is 0 Å². The van der Waals surface area contributed by atoms with Gasteiger partial charge in [-0.05, 0) is 37.3 Å². The molecule has 1 aromatic heterocycles. The Hall–Kier alpha value is -1.20. The summed E-state index contributed by atoms with van der Waals surface area (Å²) in [5.74, 6) is -29.2. The summed E-state index contributed by atoms with van der Waals surface area (Å²) in [6.45, 7) is 0. The van der Waals surface area contributed by atoms with E-state index in [1.54, 1.807) is 0 Å². The van der Waals surface area contributed by atoms with Crippen molar-refractivity contribution in [3.63, 3.8) is 0 Å². The fraction of sp³-hybridized carbons (Fsp3) is 0.750. The molecule has 0 N–H and O–H groups in total. The third kappa shape index (κ3) is 2.67. The second-order valence-electron chi connectivity index (χ2n) is 5.44. The highest BCUT2D eigenvalue weighted by Gasteiger charge is 2.87. The predicted molar refractivity (Wildman–Crippen MR) is 62.7 cm³/mol. The van der Waals surface area contributed by atoms with E-state index >= 15 is 0 Å². The highest BCUT2D eigenvalue weighted by Crippen LogP contribution is 2.60. The van der Waals surface area contributed by atoms with E-state index in [9.17, 15) is 43.9 Å². The number of rotatable bonds is 5. The molecule has 13 heteroatoms. The third-order valence-electron chi connectivity index (χ3n) is 3.78. The Balaban J connectivity index is 2.55. The molecule has 0 aromatic carbocycles. The van der Waals surface area contributed by atoms with Crippen molar-refractivity contribution in [1.82, 2.24) is 5.16 Å². The van der Waals surface area contributed by atoms with Crippen LogP contribution in [-0.4, -0.2) is 28.3 Å². The van der Waals surface area contributed by atoms with Crippen LogP contribution in [0.25, 0.3) is 0 Å². The molecule has 1 aliphatic rings. The molecule has 1 aliphatic carbocycles. The number of halogens is 11. The van der Waals surface area contributed by atoms with Gasteiger partial charge in [0, 0.05) is 5.56 Å². The van der Waals surface area contributed by atoms with Crippen LogP contribution in [0, 0.1) is 0 Å². The van der Waals surface area contributed by atoms with E-state index in [-0.39, 0.29) is 25.0 Å². The summed E-state index contributed by atoms with van der Waals surface area (Å²) in [5, 5.41) is -3.18. The molecule has 0 atom stereocenters. The van der Waals surface area contributed by atoms with Crippen LogP contribution in [0.5, 0.6) is 0 Å². The number of aromatic nitrogens is 1. The summed E-state index contributed by atoms with van der Waals surface area (Å²) >= 11 is 3.73. The number of aryl methyl sites for hydroxylation is 1. The highest BCUT2D eigenvalue weighted by molar-refractivity contribution is 6.22. The molecule has 25 heavy (non-hydrogen) atoms. The van der Waals surface area contributed by atoms with Gasteiger partial charge in [0.15, 0.2) is 0 Å². The summed E-state index contributed by atoms with van der Waals surface area (Å²) < 4.78 is 137. The van der Waals surface area contributed by atoms with Crippen LogP contribution < -0.4 is 0 Å². The molecule has 0 aliphatic heterocycles. The van der Waals surface area contributed by atoms with Gasteiger partial charge in [-0.15, -0.1) is 0 Å². The molecular formula is C12H8ClF10NO. The summed E-state index contributed by atoms with van der Waals surface area (Å²) in [6.07, 6.45) is 0.350. The zero-order valence-corrected chi connectivity index (χ0v) is 12.6. The first kappa shape index (κ1) is 20.1. The lowest BCUT2D eigenvalue weighted by molar-refractivity contribution is -0.395. The lowest BCUT2D eigenvalue weighted by Crippen LogP contribution is -2.65. The van der Waals surface area contributed by atoms with Gasteiger partial charge in [-0.25, -0.2) is 0 Å². The Bertz CT molecular complexity index is 651. The van der Waals surface area contributed by atoms with Crippen molar-refractivity contribution in [1.29, 1.82) is 0 Å². The zero-order valence-electron chi connectivity index (χ0n) is 11.8. The van der Waals surface area contributed by atoms with Gasteiger partial charge in [-0.1, -0.05) is 5.16 Å². The maximum atomic E-state index is 14.0. The van der Waals surface area contributed by atoms with Crippen molar-refractivity contribution >= 4 is 11.6 Å². The molecule has 0 fully saturated rings. The second kappa shape index (κ2) is 5.65. The molecule has 2 nitrogen and oxygen atoms in total. The van der Waals surface area contributed by atoms with Gasteiger partial charge < -0.3 is 4.52 Å². The lowest BCUT2D eigenvalue weighted by atomic mass is 9.90. The topological polar surface area (TPSA) is 26.0 Å². The summed E-state index contributed by atoms with van der Waals surface area (Å²) in [7, 11) is 0. The molecule has 0 radical (unpaired) electrons. The highest BCUT2D eigenvalue weighted by atomic mass is 35.5. The average Bonchev–Trinajstić information content (AvgIpc) is 2.89. The monoisotopic (exact) mass is 407 g/mol. The summed E-state index contributed by atoms with van der Waals surface area (Å²) in [4.78, 5) is 0. The van der Waals surface area contributed by atoms with E-state index in [0.717, 1.165) is 0 Å². The van der Waals surface area contributed by atoms with Crippen LogP contribution in [0.3, 0.4) is 0 Å². The average molecular weight is 408 g/mol. The molecule has 144 valence electrons. The fourth-order valence-corrected chi connectivity index (χ4v) is 2.47. The maximum absolute atomic E-state index is 14.0. The first-order valence-corrected chi connectivity index (χ1v) is 7.02. The first-order valence-electron chi connectivity index (χ1n) is 6.65. The van der Waals surface area contributed by atoms with Crippen LogP contribution in [0.2, 0.25) is 0 Å². The van der Waals surface area contributed by atoms with Gasteiger partial charge >= 0.3 is 29.1 Å². The molecule has 0 spiro atoms. The van der Waals surface area contributed by atoms with Gasteiger partial charge in [0.1, 0.15) is 0 Å². The molecule has 0 saturated heterocycles. The number of fused-ring (bicyclic) bond motifs is 1.